The second-order valence-electron chi connectivity index (χ2n) is 12.6. The normalized spacial score (nSPS) is 14.0. The van der Waals surface area contributed by atoms with E-state index >= 15 is 0 Å². The highest BCUT2D eigenvalue weighted by atomic mass is 32.1. The highest BCUT2D eigenvalue weighted by molar-refractivity contribution is 7.80. The number of aliphatic hydroxyl groups excluding tert-OH is 1. The molecule has 22 nitrogen and oxygen atoms in total. The molecule has 0 spiro atoms. The molecule has 0 aromatic heterocycles. The lowest BCUT2D eigenvalue weighted by Gasteiger charge is -2.28. The maximum atomic E-state index is 12.9. The third-order valence-electron chi connectivity index (χ3n) is 7.76. The Bertz CT molecular complexity index is 1530. The molecule has 0 fully saturated rings. The third-order valence-corrected chi connectivity index (χ3v) is 8.31. The summed E-state index contributed by atoms with van der Waals surface area (Å²) in [6.07, 6.45) is -3.72. The van der Waals surface area contributed by atoms with Gasteiger partial charge in [0.1, 0.15) is 24.4 Å². The van der Waals surface area contributed by atoms with Crippen molar-refractivity contribution in [3.63, 3.8) is 0 Å². The summed E-state index contributed by atoms with van der Waals surface area (Å²) < 4.78 is 0. The Morgan fingerprint density at radius 3 is 1.77 bits per heavy atom. The summed E-state index contributed by atoms with van der Waals surface area (Å²) in [5, 5.41) is 72.8. The lowest BCUT2D eigenvalue weighted by molar-refractivity contribution is -0.142. The van der Waals surface area contributed by atoms with Gasteiger partial charge in [-0.1, -0.05) is 24.3 Å². The van der Waals surface area contributed by atoms with E-state index in [-0.39, 0.29) is 44.1 Å². The minimum atomic E-state index is -1.59. The van der Waals surface area contributed by atoms with Crippen LogP contribution in [-0.2, 0) is 46.5 Å². The number of carbonyl (C=O) groups excluding carboxylic acids is 4. The first kappa shape index (κ1) is 48.3. The molecule has 6 atom stereocenters. The molecular weight excluding hydrogens is 766 g/mol. The fourth-order valence-electron chi connectivity index (χ4n) is 4.82. The monoisotopic (exact) mass is 815 g/mol. The Labute approximate surface area is 326 Å². The number of carboxylic acids is 5. The van der Waals surface area contributed by atoms with E-state index in [9.17, 15) is 63.6 Å². The van der Waals surface area contributed by atoms with Crippen LogP contribution in [0, 0.1) is 0 Å². The Kier molecular flexibility index (Phi) is 21.9. The number of rotatable bonds is 27. The lowest BCUT2D eigenvalue weighted by Crippen LogP contribution is -2.57. The Morgan fingerprint density at radius 1 is 0.661 bits per heavy atom. The van der Waals surface area contributed by atoms with Crippen molar-refractivity contribution < 1.29 is 73.8 Å². The number of carbonyl (C=O) groups is 9. The van der Waals surface area contributed by atoms with Gasteiger partial charge < -0.3 is 62.5 Å². The van der Waals surface area contributed by atoms with Crippen LogP contribution in [0.5, 0.6) is 0 Å². The third kappa shape index (κ3) is 20.7. The molecule has 312 valence electrons. The Hall–Kier alpha value is -5.68. The average molecular weight is 816 g/mol. The van der Waals surface area contributed by atoms with E-state index in [1.165, 1.54) is 0 Å². The number of thiol groups is 1. The van der Waals surface area contributed by atoms with Crippen LogP contribution in [0.2, 0.25) is 0 Å². The molecular formula is C33H49N7O15S. The fraction of sp³-hybridized carbons (Fsp3) is 0.545. The molecule has 1 aromatic rings. The van der Waals surface area contributed by atoms with Crippen LogP contribution < -0.4 is 37.2 Å². The maximum absolute atomic E-state index is 12.9. The molecule has 1 unspecified atom stereocenters. The summed E-state index contributed by atoms with van der Waals surface area (Å²) in [6.45, 7) is 1.88. The number of aliphatic hydroxyl groups is 1. The molecule has 0 radical (unpaired) electrons. The average Bonchev–Trinajstić information content (AvgIpc) is 3.10. The summed E-state index contributed by atoms with van der Waals surface area (Å²) in [6, 6.07) is -1.51. The van der Waals surface area contributed by atoms with E-state index in [1.54, 1.807) is 31.2 Å². The number of hydrogen-bond donors (Lipinski definition) is 14. The van der Waals surface area contributed by atoms with Crippen molar-refractivity contribution >= 4 is 66.4 Å². The van der Waals surface area contributed by atoms with Crippen LogP contribution in [0.1, 0.15) is 63.0 Å². The van der Waals surface area contributed by atoms with Crippen LogP contribution >= 0.6 is 12.6 Å². The van der Waals surface area contributed by atoms with Gasteiger partial charge in [-0.05, 0) is 43.7 Å². The van der Waals surface area contributed by atoms with Crippen LogP contribution in [-0.4, -0.2) is 133 Å². The molecule has 23 heteroatoms. The van der Waals surface area contributed by atoms with Gasteiger partial charge in [0, 0.05) is 31.3 Å². The van der Waals surface area contributed by atoms with Gasteiger partial charge in [-0.3, -0.25) is 29.3 Å². The standard InChI is InChI=1S/C33H49N7O15S/c1-17(16-56)36-28(48)23(14-27(46)47)38-29(49)22(13-26(44)45)37-24(41)12-18-5-7-19(8-6-18)15-35-32(54)34-11-3-2-4-20(30(50)51)39-33(55)40-21(31(52)53)9-10-25(42)43/h5-8,17,20-23,28,36,48,56H,2-4,9-16H2,1H3,(H,37,41)(H,38,49)(H,42,43)(H,44,45)(H,46,47)(H,50,51)(H,52,53)(H2,34,35,54)(H2,39,40,55)/t17-,20+,21+,22+,23+,28?/m1/s1. The van der Waals surface area contributed by atoms with E-state index in [2.05, 4.69) is 44.5 Å². The second kappa shape index (κ2) is 25.4. The van der Waals surface area contributed by atoms with Gasteiger partial charge in [0.15, 0.2) is 0 Å². The predicted octanol–water partition coefficient (Wildman–Crippen LogP) is -1.59. The van der Waals surface area contributed by atoms with Crippen molar-refractivity contribution in [3.8, 4) is 0 Å². The predicted molar refractivity (Wildman–Crippen MR) is 196 cm³/mol. The Morgan fingerprint density at radius 2 is 1.23 bits per heavy atom. The summed E-state index contributed by atoms with van der Waals surface area (Å²) in [5.74, 6) is -8.35. The number of unbranched alkanes of at least 4 members (excludes halogenated alkanes) is 1. The van der Waals surface area contributed by atoms with Crippen LogP contribution in [0.4, 0.5) is 9.59 Å². The largest absolute Gasteiger partial charge is 0.481 e. The number of carboxylic acid groups (broad SMARTS) is 5. The van der Waals surface area contributed by atoms with E-state index in [1.807, 2.05) is 5.32 Å². The lowest BCUT2D eigenvalue weighted by atomic mass is 10.1. The summed E-state index contributed by atoms with van der Waals surface area (Å²) >= 11 is 4.07. The van der Waals surface area contributed by atoms with E-state index < -0.39 is 110 Å². The van der Waals surface area contributed by atoms with Gasteiger partial charge in [0.2, 0.25) is 11.8 Å². The van der Waals surface area contributed by atoms with Crippen LogP contribution in [0.25, 0.3) is 0 Å². The molecule has 0 aliphatic heterocycles. The Balaban J connectivity index is 2.58. The molecule has 0 bridgehead atoms. The highest BCUT2D eigenvalue weighted by Gasteiger charge is 2.30. The topological polar surface area (TPSA) is 359 Å². The van der Waals surface area contributed by atoms with Crippen molar-refractivity contribution in [3.05, 3.63) is 35.4 Å². The first-order valence-electron chi connectivity index (χ1n) is 17.2. The molecule has 1 rings (SSSR count). The van der Waals surface area contributed by atoms with Crippen LogP contribution in [0.3, 0.4) is 0 Å². The van der Waals surface area contributed by atoms with Gasteiger partial charge in [-0.25, -0.2) is 19.2 Å². The minimum absolute atomic E-state index is 0.0534. The first-order chi connectivity index (χ1) is 26.3. The van der Waals surface area contributed by atoms with Gasteiger partial charge in [0.25, 0.3) is 0 Å². The quantitative estimate of drug-likeness (QED) is 0.0270. The van der Waals surface area contributed by atoms with Crippen molar-refractivity contribution in [2.75, 3.05) is 12.3 Å². The summed E-state index contributed by atoms with van der Waals surface area (Å²) in [4.78, 5) is 106. The molecule has 13 N–H and O–H groups in total. The second-order valence-corrected chi connectivity index (χ2v) is 12.9. The SMILES string of the molecule is C[C@H](CS)NC(O)[C@H](CC(=O)O)NC(=O)[C@H](CC(=O)O)NC(=O)Cc1ccc(CNC(=O)NCCCC[C@H](NC(=O)N[C@@H](CCC(=O)O)C(=O)O)C(=O)O)cc1. The van der Waals surface area contributed by atoms with Crippen LogP contribution in [0.15, 0.2) is 24.3 Å². The van der Waals surface area contributed by atoms with E-state index in [0.717, 1.165) is 0 Å². The van der Waals surface area contributed by atoms with Crippen molar-refractivity contribution in [1.29, 1.82) is 0 Å². The molecule has 0 aliphatic carbocycles. The number of aliphatic carboxylic acids is 5. The number of hydrogen-bond acceptors (Lipinski definition) is 12. The fourth-order valence-corrected chi connectivity index (χ4v) is 4.93. The van der Waals surface area contributed by atoms with Crippen molar-refractivity contribution in [2.24, 2.45) is 0 Å². The summed E-state index contributed by atoms with van der Waals surface area (Å²) in [5.41, 5.74) is 1.11. The van der Waals surface area contributed by atoms with E-state index in [0.29, 0.717) is 17.5 Å². The van der Waals surface area contributed by atoms with Gasteiger partial charge in [-0.2, -0.15) is 12.6 Å². The van der Waals surface area contributed by atoms with Gasteiger partial charge in [-0.15, -0.1) is 0 Å². The smallest absolute Gasteiger partial charge is 0.326 e. The summed E-state index contributed by atoms with van der Waals surface area (Å²) in [7, 11) is 0. The molecule has 0 heterocycles. The number of benzene rings is 1. The van der Waals surface area contributed by atoms with Crippen molar-refractivity contribution in [1.82, 2.24) is 37.2 Å². The molecule has 1 aromatic carbocycles. The van der Waals surface area contributed by atoms with E-state index in [4.69, 9.17) is 10.2 Å². The van der Waals surface area contributed by atoms with Crippen molar-refractivity contribution in [2.45, 2.75) is 101 Å². The number of amides is 6. The number of urea groups is 2. The van der Waals surface area contributed by atoms with Gasteiger partial charge >= 0.3 is 41.9 Å². The highest BCUT2D eigenvalue weighted by Crippen LogP contribution is 2.08. The zero-order valence-electron chi connectivity index (χ0n) is 30.4. The number of nitrogens with one attached hydrogen (secondary N) is 7. The first-order valence-corrected chi connectivity index (χ1v) is 17.9. The zero-order valence-corrected chi connectivity index (χ0v) is 31.3. The molecule has 0 saturated carbocycles. The molecule has 56 heavy (non-hydrogen) atoms. The molecule has 0 aliphatic rings. The zero-order chi connectivity index (χ0) is 42.4. The van der Waals surface area contributed by atoms with Gasteiger partial charge in [0.05, 0.1) is 25.3 Å². The molecule has 6 amide bonds. The minimum Gasteiger partial charge on any atom is -0.481 e. The molecule has 0 saturated heterocycles. The maximum Gasteiger partial charge on any atom is 0.326 e.